The van der Waals surface area contributed by atoms with Crippen molar-refractivity contribution in [3.63, 3.8) is 0 Å². The Morgan fingerprint density at radius 2 is 2.56 bits per heavy atom. The quantitative estimate of drug-likeness (QED) is 0.577. The number of rotatable bonds is 3. The van der Waals surface area contributed by atoms with Crippen molar-refractivity contribution in [1.29, 1.82) is 5.26 Å². The average molecular weight is 144 g/mol. The van der Waals surface area contributed by atoms with Crippen LogP contribution in [-0.2, 0) is 4.79 Å². The first-order chi connectivity index (χ1) is 4.20. The first-order valence-electron chi connectivity index (χ1n) is 2.56. The summed E-state index contributed by atoms with van der Waals surface area (Å²) in [4.78, 5) is 10.4. The molecule has 0 radical (unpaired) electrons. The Balaban J connectivity index is 3.60. The van der Waals surface area contributed by atoms with Gasteiger partial charge in [0.05, 0.1) is 6.07 Å². The number of carbonyl (C=O) groups is 1. The summed E-state index contributed by atoms with van der Waals surface area (Å²) in [5.41, 5.74) is 0. The van der Waals surface area contributed by atoms with Crippen molar-refractivity contribution >= 4 is 15.2 Å². The Morgan fingerprint density at radius 3 is 2.67 bits per heavy atom. The number of nitrogens with zero attached hydrogens (tertiary/aromatic N) is 1. The largest absolute Gasteiger partial charge is 0.300 e. The van der Waals surface area contributed by atoms with Crippen LogP contribution in [0.2, 0.25) is 0 Å². The maximum Gasteiger partial charge on any atom is 0.132 e. The first-order valence-corrected chi connectivity index (χ1v) is 3.13. The SMILES string of the molecule is CC(=O)C[C@@H](C#N)NP. The van der Waals surface area contributed by atoms with E-state index in [-0.39, 0.29) is 18.2 Å². The van der Waals surface area contributed by atoms with Crippen molar-refractivity contribution in [1.82, 2.24) is 5.09 Å². The topological polar surface area (TPSA) is 52.9 Å². The molecule has 0 amide bonds. The Hall–Kier alpha value is -0.450. The van der Waals surface area contributed by atoms with Crippen LogP contribution in [0.4, 0.5) is 0 Å². The smallest absolute Gasteiger partial charge is 0.132 e. The van der Waals surface area contributed by atoms with E-state index in [4.69, 9.17) is 5.26 Å². The van der Waals surface area contributed by atoms with Crippen LogP contribution in [0.25, 0.3) is 0 Å². The molecule has 0 aliphatic rings. The summed E-state index contributed by atoms with van der Waals surface area (Å²) >= 11 is 0. The Labute approximate surface area is 56.7 Å². The highest BCUT2D eigenvalue weighted by Crippen LogP contribution is 1.92. The number of hydrogen-bond acceptors (Lipinski definition) is 3. The second kappa shape index (κ2) is 4.43. The zero-order valence-electron chi connectivity index (χ0n) is 5.22. The van der Waals surface area contributed by atoms with E-state index in [2.05, 4.69) is 14.5 Å². The van der Waals surface area contributed by atoms with E-state index in [0.717, 1.165) is 0 Å². The van der Waals surface area contributed by atoms with Gasteiger partial charge in [-0.2, -0.15) is 5.26 Å². The summed E-state index contributed by atoms with van der Waals surface area (Å²) in [6, 6.07) is 1.58. The standard InChI is InChI=1S/C5H9N2OP/c1-4(8)2-5(3-6)7-9/h5,7H,2,9H2,1H3/t5-/m0/s1. The van der Waals surface area contributed by atoms with Gasteiger partial charge in [0, 0.05) is 6.42 Å². The van der Waals surface area contributed by atoms with Crippen molar-refractivity contribution in [3.8, 4) is 6.07 Å². The van der Waals surface area contributed by atoms with Crippen molar-refractivity contribution in [2.45, 2.75) is 19.4 Å². The molecule has 0 aromatic carbocycles. The highest BCUT2D eigenvalue weighted by molar-refractivity contribution is 7.13. The summed E-state index contributed by atoms with van der Waals surface area (Å²) < 4.78 is 0. The van der Waals surface area contributed by atoms with E-state index in [0.29, 0.717) is 0 Å². The molecule has 1 unspecified atom stereocenters. The monoisotopic (exact) mass is 144 g/mol. The molecule has 3 nitrogen and oxygen atoms in total. The minimum Gasteiger partial charge on any atom is -0.300 e. The van der Waals surface area contributed by atoms with E-state index >= 15 is 0 Å². The molecule has 0 bridgehead atoms. The third-order valence-electron chi connectivity index (χ3n) is 0.849. The normalized spacial score (nSPS) is 12.1. The molecule has 0 aliphatic carbocycles. The molecule has 0 heterocycles. The number of Topliss-reactive ketones (excluding diaryl/α,β-unsaturated/α-hetero) is 1. The lowest BCUT2D eigenvalue weighted by Gasteiger charge is -2.01. The van der Waals surface area contributed by atoms with E-state index in [1.165, 1.54) is 6.92 Å². The first kappa shape index (κ1) is 8.55. The third-order valence-corrected chi connectivity index (χ3v) is 1.25. The third kappa shape index (κ3) is 4.08. The molecular weight excluding hydrogens is 135 g/mol. The fourth-order valence-electron chi connectivity index (χ4n) is 0.429. The molecule has 2 atom stereocenters. The van der Waals surface area contributed by atoms with E-state index < -0.39 is 0 Å². The predicted molar refractivity (Wildman–Crippen MR) is 37.5 cm³/mol. The van der Waals surface area contributed by atoms with Gasteiger partial charge in [-0.25, -0.2) is 0 Å². The highest BCUT2D eigenvalue weighted by Gasteiger charge is 2.05. The Bertz CT molecular complexity index is 140. The average Bonchev–Trinajstić information content (AvgIpc) is 1.82. The summed E-state index contributed by atoms with van der Waals surface area (Å²) in [6.45, 7) is 1.46. The fraction of sp³-hybridized carbons (Fsp3) is 0.600. The molecular formula is C5H9N2OP. The van der Waals surface area contributed by atoms with Crippen LogP contribution in [-0.4, -0.2) is 11.8 Å². The van der Waals surface area contributed by atoms with Crippen LogP contribution in [0.5, 0.6) is 0 Å². The van der Waals surface area contributed by atoms with Crippen LogP contribution < -0.4 is 5.09 Å². The summed E-state index contributed by atoms with van der Waals surface area (Å²) in [6.07, 6.45) is 0.278. The lowest BCUT2D eigenvalue weighted by atomic mass is 10.2. The van der Waals surface area contributed by atoms with Crippen molar-refractivity contribution < 1.29 is 4.79 Å². The molecule has 0 fully saturated rings. The molecule has 0 rings (SSSR count). The van der Waals surface area contributed by atoms with Gasteiger partial charge >= 0.3 is 0 Å². The zero-order chi connectivity index (χ0) is 7.28. The summed E-state index contributed by atoms with van der Waals surface area (Å²) in [5, 5.41) is 10.9. The Morgan fingerprint density at radius 1 is 2.00 bits per heavy atom. The minimum absolute atomic E-state index is 0.0245. The molecule has 0 saturated heterocycles. The molecule has 4 heteroatoms. The molecule has 0 aliphatic heterocycles. The number of ketones is 1. The van der Waals surface area contributed by atoms with Gasteiger partial charge in [-0.05, 0) is 6.92 Å². The second-order valence-electron chi connectivity index (χ2n) is 1.75. The lowest BCUT2D eigenvalue weighted by Crippen LogP contribution is -2.20. The van der Waals surface area contributed by atoms with Gasteiger partial charge in [0.25, 0.3) is 0 Å². The van der Waals surface area contributed by atoms with E-state index in [1.807, 2.05) is 6.07 Å². The van der Waals surface area contributed by atoms with Gasteiger partial charge in [0.15, 0.2) is 0 Å². The number of hydrogen-bond donors (Lipinski definition) is 1. The Kier molecular flexibility index (Phi) is 4.21. The van der Waals surface area contributed by atoms with Crippen LogP contribution in [0.3, 0.4) is 0 Å². The van der Waals surface area contributed by atoms with E-state index in [1.54, 1.807) is 0 Å². The van der Waals surface area contributed by atoms with Crippen molar-refractivity contribution in [2.24, 2.45) is 0 Å². The highest BCUT2D eigenvalue weighted by atomic mass is 31.0. The van der Waals surface area contributed by atoms with Crippen LogP contribution >= 0.6 is 9.39 Å². The molecule has 50 valence electrons. The van der Waals surface area contributed by atoms with Gasteiger partial charge in [0.2, 0.25) is 0 Å². The van der Waals surface area contributed by atoms with Gasteiger partial charge in [-0.1, -0.05) is 9.39 Å². The lowest BCUT2D eigenvalue weighted by molar-refractivity contribution is -0.117. The van der Waals surface area contributed by atoms with Crippen molar-refractivity contribution in [2.75, 3.05) is 0 Å². The van der Waals surface area contributed by atoms with Crippen LogP contribution in [0.1, 0.15) is 13.3 Å². The number of nitrogens with one attached hydrogen (secondary N) is 1. The summed E-state index contributed by atoms with van der Waals surface area (Å²) in [7, 11) is 2.20. The van der Waals surface area contributed by atoms with Crippen molar-refractivity contribution in [3.05, 3.63) is 0 Å². The summed E-state index contributed by atoms with van der Waals surface area (Å²) in [5.74, 6) is 0.0245. The second-order valence-corrected chi connectivity index (χ2v) is 2.09. The maximum absolute atomic E-state index is 10.4. The molecule has 0 aromatic rings. The van der Waals surface area contributed by atoms with Gasteiger partial charge in [0.1, 0.15) is 11.8 Å². The van der Waals surface area contributed by atoms with Crippen LogP contribution in [0, 0.1) is 11.3 Å². The minimum atomic E-state index is -0.354. The van der Waals surface area contributed by atoms with Gasteiger partial charge in [-0.3, -0.25) is 9.88 Å². The fourth-order valence-corrected chi connectivity index (χ4v) is 0.622. The molecule has 0 aromatic heterocycles. The number of carbonyl (C=O) groups excluding carboxylic acids is 1. The maximum atomic E-state index is 10.4. The van der Waals surface area contributed by atoms with Gasteiger partial charge < -0.3 is 0 Å². The molecule has 0 spiro atoms. The predicted octanol–water partition coefficient (Wildman–Crippen LogP) is 0.237. The van der Waals surface area contributed by atoms with Crippen LogP contribution in [0.15, 0.2) is 0 Å². The molecule has 0 saturated carbocycles. The number of nitriles is 1. The molecule has 9 heavy (non-hydrogen) atoms. The molecule has 1 N–H and O–H groups in total. The van der Waals surface area contributed by atoms with E-state index in [9.17, 15) is 4.79 Å². The zero-order valence-corrected chi connectivity index (χ0v) is 6.37. The van der Waals surface area contributed by atoms with Gasteiger partial charge in [-0.15, -0.1) is 0 Å².